The summed E-state index contributed by atoms with van der Waals surface area (Å²) < 4.78 is 10.5. The minimum absolute atomic E-state index is 0.695. The molecule has 3 aromatic rings. The van der Waals surface area contributed by atoms with Crippen LogP contribution in [0.4, 0.5) is 11.5 Å². The molecule has 1 aromatic heterocycles. The van der Waals surface area contributed by atoms with E-state index in [1.165, 1.54) is 0 Å². The van der Waals surface area contributed by atoms with Crippen molar-refractivity contribution in [3.05, 3.63) is 78.0 Å². The fraction of sp³-hybridized carbons (Fsp3) is 0.190. The number of methoxy groups -OCH3 is 2. The Labute approximate surface area is 154 Å². The number of nitrogens with zero attached hydrogens (tertiary/aromatic N) is 1. The van der Waals surface area contributed by atoms with E-state index in [1.807, 2.05) is 54.7 Å². The van der Waals surface area contributed by atoms with E-state index in [9.17, 15) is 0 Å². The molecule has 1 heterocycles. The number of hydrogen-bond acceptors (Lipinski definition) is 5. The quantitative estimate of drug-likeness (QED) is 0.634. The fourth-order valence-corrected chi connectivity index (χ4v) is 2.56. The number of pyridine rings is 1. The van der Waals surface area contributed by atoms with E-state index in [1.54, 1.807) is 14.2 Å². The number of hydrogen-bond donors (Lipinski definition) is 2. The van der Waals surface area contributed by atoms with Crippen molar-refractivity contribution in [1.29, 1.82) is 0 Å². The lowest BCUT2D eigenvalue weighted by molar-refractivity contribution is 0.414. The second-order valence-corrected chi connectivity index (χ2v) is 5.84. The molecule has 0 saturated carbocycles. The third kappa shape index (κ3) is 4.89. The highest BCUT2D eigenvalue weighted by Crippen LogP contribution is 2.17. The molecule has 0 spiro atoms. The van der Waals surface area contributed by atoms with Gasteiger partial charge in [-0.3, -0.25) is 0 Å². The van der Waals surface area contributed by atoms with Gasteiger partial charge in [-0.15, -0.1) is 0 Å². The van der Waals surface area contributed by atoms with Crippen LogP contribution in [0.3, 0.4) is 0 Å². The molecule has 0 unspecified atom stereocenters. The van der Waals surface area contributed by atoms with Crippen LogP contribution in [0.5, 0.6) is 11.5 Å². The molecule has 0 radical (unpaired) electrons. The SMILES string of the molecule is COc1cccc(CNc2ccc(NCc3cccc(OC)c3)nc2)c1. The highest BCUT2D eigenvalue weighted by Gasteiger charge is 2.00. The zero-order valence-corrected chi connectivity index (χ0v) is 15.0. The molecule has 0 aliphatic carbocycles. The third-order valence-electron chi connectivity index (χ3n) is 4.00. The number of ether oxygens (including phenoxy) is 2. The van der Waals surface area contributed by atoms with Gasteiger partial charge in [0, 0.05) is 13.1 Å². The van der Waals surface area contributed by atoms with Crippen LogP contribution in [0.1, 0.15) is 11.1 Å². The molecule has 0 atom stereocenters. The van der Waals surface area contributed by atoms with Gasteiger partial charge in [0.15, 0.2) is 0 Å². The minimum Gasteiger partial charge on any atom is -0.497 e. The van der Waals surface area contributed by atoms with E-state index < -0.39 is 0 Å². The maximum atomic E-state index is 5.24. The average molecular weight is 349 g/mol. The minimum atomic E-state index is 0.695. The Kier molecular flexibility index (Phi) is 5.93. The monoisotopic (exact) mass is 349 g/mol. The fourth-order valence-electron chi connectivity index (χ4n) is 2.56. The topological polar surface area (TPSA) is 55.4 Å². The molecule has 134 valence electrons. The van der Waals surface area contributed by atoms with Gasteiger partial charge in [-0.1, -0.05) is 24.3 Å². The van der Waals surface area contributed by atoms with Gasteiger partial charge in [0.05, 0.1) is 26.1 Å². The molecule has 3 rings (SSSR count). The summed E-state index contributed by atoms with van der Waals surface area (Å²) in [6, 6.07) is 20.0. The standard InChI is InChI=1S/C21H23N3O2/c1-25-19-7-3-5-16(11-19)13-22-18-9-10-21(24-15-18)23-14-17-6-4-8-20(12-17)26-2/h3-12,15,22H,13-14H2,1-2H3,(H,23,24). The van der Waals surface area contributed by atoms with E-state index in [0.717, 1.165) is 40.7 Å². The highest BCUT2D eigenvalue weighted by molar-refractivity contribution is 5.48. The molecule has 0 bridgehead atoms. The normalized spacial score (nSPS) is 10.2. The summed E-state index contributed by atoms with van der Waals surface area (Å²) in [4.78, 5) is 4.45. The molecular weight excluding hydrogens is 326 g/mol. The van der Waals surface area contributed by atoms with E-state index in [2.05, 4.69) is 27.8 Å². The first-order chi connectivity index (χ1) is 12.8. The van der Waals surface area contributed by atoms with Gasteiger partial charge in [0.1, 0.15) is 17.3 Å². The molecule has 5 heteroatoms. The second-order valence-electron chi connectivity index (χ2n) is 5.84. The highest BCUT2D eigenvalue weighted by atomic mass is 16.5. The Bertz CT molecular complexity index is 764. The zero-order valence-electron chi connectivity index (χ0n) is 15.0. The molecule has 5 nitrogen and oxygen atoms in total. The number of nitrogens with one attached hydrogen (secondary N) is 2. The predicted octanol–water partition coefficient (Wildman–Crippen LogP) is 4.32. The molecular formula is C21H23N3O2. The maximum Gasteiger partial charge on any atom is 0.126 e. The van der Waals surface area contributed by atoms with Gasteiger partial charge in [0.25, 0.3) is 0 Å². The molecule has 0 amide bonds. The zero-order chi connectivity index (χ0) is 18.2. The lowest BCUT2D eigenvalue weighted by Crippen LogP contribution is -2.03. The van der Waals surface area contributed by atoms with Crippen molar-refractivity contribution in [3.63, 3.8) is 0 Å². The van der Waals surface area contributed by atoms with Crippen LogP contribution in [0.15, 0.2) is 66.9 Å². The van der Waals surface area contributed by atoms with E-state index in [4.69, 9.17) is 9.47 Å². The molecule has 2 N–H and O–H groups in total. The summed E-state index contributed by atoms with van der Waals surface area (Å²) in [7, 11) is 3.35. The van der Waals surface area contributed by atoms with Gasteiger partial charge >= 0.3 is 0 Å². The van der Waals surface area contributed by atoms with Crippen molar-refractivity contribution in [1.82, 2.24) is 4.98 Å². The molecule has 0 aliphatic rings. The number of aromatic nitrogens is 1. The summed E-state index contributed by atoms with van der Waals surface area (Å²) in [6.45, 7) is 1.41. The van der Waals surface area contributed by atoms with Crippen LogP contribution in [0.2, 0.25) is 0 Å². The largest absolute Gasteiger partial charge is 0.497 e. The average Bonchev–Trinajstić information content (AvgIpc) is 2.72. The molecule has 0 aliphatic heterocycles. The summed E-state index contributed by atoms with van der Waals surface area (Å²) in [6.07, 6.45) is 1.83. The Balaban J connectivity index is 1.52. The van der Waals surface area contributed by atoms with Gasteiger partial charge in [0.2, 0.25) is 0 Å². The van der Waals surface area contributed by atoms with Gasteiger partial charge in [-0.05, 0) is 47.5 Å². The summed E-state index contributed by atoms with van der Waals surface area (Å²) in [5.41, 5.74) is 3.27. The van der Waals surface area contributed by atoms with Crippen molar-refractivity contribution in [2.24, 2.45) is 0 Å². The first kappa shape index (κ1) is 17.6. The molecule has 26 heavy (non-hydrogen) atoms. The van der Waals surface area contributed by atoms with Crippen molar-refractivity contribution in [3.8, 4) is 11.5 Å². The molecule has 2 aromatic carbocycles. The van der Waals surface area contributed by atoms with Crippen LogP contribution in [-0.2, 0) is 13.1 Å². The lowest BCUT2D eigenvalue weighted by Gasteiger charge is -2.10. The van der Waals surface area contributed by atoms with E-state index in [0.29, 0.717) is 6.54 Å². The molecule has 0 saturated heterocycles. The van der Waals surface area contributed by atoms with E-state index in [-0.39, 0.29) is 0 Å². The second kappa shape index (κ2) is 8.76. The Morgan fingerprint density at radius 3 is 1.92 bits per heavy atom. The lowest BCUT2D eigenvalue weighted by atomic mass is 10.2. The Hall–Kier alpha value is -3.21. The first-order valence-corrected chi connectivity index (χ1v) is 8.46. The maximum absolute atomic E-state index is 5.24. The van der Waals surface area contributed by atoms with E-state index >= 15 is 0 Å². The molecule has 0 fully saturated rings. The Morgan fingerprint density at radius 1 is 0.769 bits per heavy atom. The summed E-state index contributed by atoms with van der Waals surface area (Å²) in [5.74, 6) is 2.55. The predicted molar refractivity (Wildman–Crippen MR) is 105 cm³/mol. The smallest absolute Gasteiger partial charge is 0.126 e. The number of anilines is 2. The van der Waals surface area contributed by atoms with Gasteiger partial charge < -0.3 is 20.1 Å². The Morgan fingerprint density at radius 2 is 1.38 bits per heavy atom. The van der Waals surface area contributed by atoms with Crippen molar-refractivity contribution < 1.29 is 9.47 Å². The van der Waals surface area contributed by atoms with Crippen LogP contribution in [0, 0.1) is 0 Å². The first-order valence-electron chi connectivity index (χ1n) is 8.46. The van der Waals surface area contributed by atoms with Crippen molar-refractivity contribution >= 4 is 11.5 Å². The van der Waals surface area contributed by atoms with Crippen LogP contribution in [0.25, 0.3) is 0 Å². The summed E-state index contributed by atoms with van der Waals surface area (Å²) in [5, 5.41) is 6.68. The van der Waals surface area contributed by atoms with Crippen LogP contribution < -0.4 is 20.1 Å². The van der Waals surface area contributed by atoms with Crippen molar-refractivity contribution in [2.45, 2.75) is 13.1 Å². The van der Waals surface area contributed by atoms with Crippen molar-refractivity contribution in [2.75, 3.05) is 24.9 Å². The number of benzene rings is 2. The number of rotatable bonds is 8. The van der Waals surface area contributed by atoms with Gasteiger partial charge in [-0.25, -0.2) is 4.98 Å². The van der Waals surface area contributed by atoms with Crippen LogP contribution >= 0.6 is 0 Å². The van der Waals surface area contributed by atoms with Gasteiger partial charge in [-0.2, -0.15) is 0 Å². The summed E-state index contributed by atoms with van der Waals surface area (Å²) >= 11 is 0. The van der Waals surface area contributed by atoms with Crippen LogP contribution in [-0.4, -0.2) is 19.2 Å². The third-order valence-corrected chi connectivity index (χ3v) is 4.00.